The molecule has 0 spiro atoms. The Morgan fingerprint density at radius 2 is 1.72 bits per heavy atom. The summed E-state index contributed by atoms with van der Waals surface area (Å²) in [6.07, 6.45) is 0.0883. The van der Waals surface area contributed by atoms with Gasteiger partial charge in [0, 0.05) is 21.8 Å². The Kier molecular flexibility index (Phi) is 6.46. The van der Waals surface area contributed by atoms with Gasteiger partial charge in [0.1, 0.15) is 0 Å². The van der Waals surface area contributed by atoms with Crippen molar-refractivity contribution in [2.45, 2.75) is 31.2 Å². The fourth-order valence-corrected chi connectivity index (χ4v) is 3.87. The molecule has 2 N–H and O–H groups in total. The normalized spacial score (nSPS) is 11.6. The molecule has 0 saturated heterocycles. The third-order valence-electron chi connectivity index (χ3n) is 3.21. The number of rotatable bonds is 6. The summed E-state index contributed by atoms with van der Waals surface area (Å²) in [7, 11) is -3.56. The number of amides is 1. The quantitative estimate of drug-likeness (QED) is 0.772. The predicted molar refractivity (Wildman–Crippen MR) is 101 cm³/mol. The maximum Gasteiger partial charge on any atom is 0.240 e. The van der Waals surface area contributed by atoms with Gasteiger partial charge in [0.05, 0.1) is 11.3 Å². The Bertz CT molecular complexity index is 866. The van der Waals surface area contributed by atoms with Gasteiger partial charge in [0.25, 0.3) is 0 Å². The van der Waals surface area contributed by atoms with Crippen molar-refractivity contribution < 1.29 is 13.2 Å². The van der Waals surface area contributed by atoms with Crippen molar-refractivity contribution in [3.8, 4) is 0 Å². The molecule has 0 bridgehead atoms. The molecule has 0 saturated carbocycles. The van der Waals surface area contributed by atoms with E-state index in [2.05, 4.69) is 10.0 Å². The van der Waals surface area contributed by atoms with E-state index < -0.39 is 10.0 Å². The Hall–Kier alpha value is -1.60. The lowest BCUT2D eigenvalue weighted by atomic mass is 10.1. The van der Waals surface area contributed by atoms with Crippen LogP contribution in [-0.4, -0.2) is 20.4 Å². The van der Waals surface area contributed by atoms with Crippen LogP contribution < -0.4 is 10.0 Å². The van der Waals surface area contributed by atoms with Gasteiger partial charge in [-0.25, -0.2) is 13.1 Å². The highest BCUT2D eigenvalue weighted by atomic mass is 35.5. The number of halogens is 2. The maximum atomic E-state index is 12.1. The first-order chi connectivity index (χ1) is 11.7. The molecule has 2 aromatic carbocycles. The zero-order chi connectivity index (χ0) is 18.6. The molecule has 5 nitrogen and oxygen atoms in total. The van der Waals surface area contributed by atoms with Crippen LogP contribution in [0.4, 0.5) is 5.69 Å². The van der Waals surface area contributed by atoms with Gasteiger partial charge < -0.3 is 5.32 Å². The summed E-state index contributed by atoms with van der Waals surface area (Å²) in [6, 6.07) is 10.7. The zero-order valence-electron chi connectivity index (χ0n) is 13.7. The van der Waals surface area contributed by atoms with E-state index in [1.165, 1.54) is 24.3 Å². The van der Waals surface area contributed by atoms with Gasteiger partial charge in [-0.2, -0.15) is 0 Å². The van der Waals surface area contributed by atoms with E-state index in [0.29, 0.717) is 21.3 Å². The van der Waals surface area contributed by atoms with E-state index in [9.17, 15) is 13.2 Å². The summed E-state index contributed by atoms with van der Waals surface area (Å²) in [4.78, 5) is 12.3. The second-order valence-electron chi connectivity index (χ2n) is 5.76. The van der Waals surface area contributed by atoms with Crippen molar-refractivity contribution in [1.82, 2.24) is 4.72 Å². The monoisotopic (exact) mass is 400 g/mol. The molecule has 0 aliphatic heterocycles. The van der Waals surface area contributed by atoms with Gasteiger partial charge in [0.15, 0.2) is 0 Å². The van der Waals surface area contributed by atoms with Gasteiger partial charge in [-0.05, 0) is 55.8 Å². The molecule has 0 aliphatic carbocycles. The summed E-state index contributed by atoms with van der Waals surface area (Å²) in [5.74, 6) is -0.264. The third kappa shape index (κ3) is 5.71. The molecule has 8 heteroatoms. The summed E-state index contributed by atoms with van der Waals surface area (Å²) >= 11 is 11.9. The highest BCUT2D eigenvalue weighted by Crippen LogP contribution is 2.22. The molecular formula is C17H18Cl2N2O3S. The summed E-state index contributed by atoms with van der Waals surface area (Å²) in [5, 5.41) is 3.63. The van der Waals surface area contributed by atoms with E-state index in [-0.39, 0.29) is 23.3 Å². The van der Waals surface area contributed by atoms with Gasteiger partial charge in [0.2, 0.25) is 15.9 Å². The number of carbonyl (C=O) groups is 1. The van der Waals surface area contributed by atoms with Gasteiger partial charge in [-0.15, -0.1) is 0 Å². The van der Waals surface area contributed by atoms with Gasteiger partial charge >= 0.3 is 0 Å². The second-order valence-corrected chi connectivity index (χ2v) is 8.32. The predicted octanol–water partition coefficient (Wildman–Crippen LogP) is 3.86. The first-order valence-corrected chi connectivity index (χ1v) is 9.77. The van der Waals surface area contributed by atoms with Crippen LogP contribution in [0.3, 0.4) is 0 Å². The molecule has 0 atom stereocenters. The van der Waals surface area contributed by atoms with E-state index in [1.807, 2.05) is 0 Å². The first kappa shape index (κ1) is 19.7. The molecule has 0 heterocycles. The number of benzene rings is 2. The highest BCUT2D eigenvalue weighted by molar-refractivity contribution is 7.89. The molecule has 2 rings (SSSR count). The Balaban J connectivity index is 2.04. The molecule has 0 unspecified atom stereocenters. The molecule has 1 amide bonds. The van der Waals surface area contributed by atoms with Crippen molar-refractivity contribution in [1.29, 1.82) is 0 Å². The standard InChI is InChI=1S/C17H18Cl2N2O3S/c1-11(2)21-25(23,24)15-7-5-14(6-8-15)20-17(22)9-12-3-4-13(18)10-16(12)19/h3-8,10-11,21H,9H2,1-2H3,(H,20,22). The fourth-order valence-electron chi connectivity index (χ4n) is 2.14. The lowest BCUT2D eigenvalue weighted by Gasteiger charge is -2.11. The second kappa shape index (κ2) is 8.19. The molecule has 0 aromatic heterocycles. The number of nitrogens with one attached hydrogen (secondary N) is 2. The average Bonchev–Trinajstić information content (AvgIpc) is 2.49. The molecule has 2 aromatic rings. The molecule has 0 fully saturated rings. The maximum absolute atomic E-state index is 12.1. The van der Waals surface area contributed by atoms with Crippen LogP contribution in [0.1, 0.15) is 19.4 Å². The fraction of sp³-hybridized carbons (Fsp3) is 0.235. The minimum absolute atomic E-state index is 0.0883. The van der Waals surface area contributed by atoms with Crippen LogP contribution in [-0.2, 0) is 21.2 Å². The minimum Gasteiger partial charge on any atom is -0.326 e. The SMILES string of the molecule is CC(C)NS(=O)(=O)c1ccc(NC(=O)Cc2ccc(Cl)cc2Cl)cc1. The van der Waals surface area contributed by atoms with Crippen LogP contribution in [0.25, 0.3) is 0 Å². The summed E-state index contributed by atoms with van der Waals surface area (Å²) < 4.78 is 26.6. The van der Waals surface area contributed by atoms with Crippen molar-refractivity contribution in [2.75, 3.05) is 5.32 Å². The molecule has 25 heavy (non-hydrogen) atoms. The van der Waals surface area contributed by atoms with Crippen molar-refractivity contribution in [2.24, 2.45) is 0 Å². The van der Waals surface area contributed by atoms with E-state index in [0.717, 1.165) is 0 Å². The smallest absolute Gasteiger partial charge is 0.240 e. The summed E-state index contributed by atoms with van der Waals surface area (Å²) in [5.41, 5.74) is 1.16. The molecule has 134 valence electrons. The number of hydrogen-bond donors (Lipinski definition) is 2. The largest absolute Gasteiger partial charge is 0.326 e. The number of hydrogen-bond acceptors (Lipinski definition) is 3. The Morgan fingerprint density at radius 1 is 1.08 bits per heavy atom. The topological polar surface area (TPSA) is 75.3 Å². The van der Waals surface area contributed by atoms with Crippen molar-refractivity contribution in [3.05, 3.63) is 58.1 Å². The number of carbonyl (C=O) groups excluding carboxylic acids is 1. The molecular weight excluding hydrogens is 383 g/mol. The Morgan fingerprint density at radius 3 is 2.28 bits per heavy atom. The molecule has 0 aliphatic rings. The van der Waals surface area contributed by atoms with Gasteiger partial charge in [-0.3, -0.25) is 4.79 Å². The van der Waals surface area contributed by atoms with Crippen LogP contribution >= 0.6 is 23.2 Å². The molecule has 0 radical (unpaired) electrons. The Labute approximate surface area is 157 Å². The van der Waals surface area contributed by atoms with Crippen LogP contribution in [0.15, 0.2) is 47.4 Å². The number of sulfonamides is 1. The van der Waals surface area contributed by atoms with Crippen molar-refractivity contribution in [3.63, 3.8) is 0 Å². The van der Waals surface area contributed by atoms with Crippen LogP contribution in [0.2, 0.25) is 10.0 Å². The van der Waals surface area contributed by atoms with Crippen molar-refractivity contribution >= 4 is 44.8 Å². The van der Waals surface area contributed by atoms with E-state index in [4.69, 9.17) is 23.2 Å². The van der Waals surface area contributed by atoms with E-state index in [1.54, 1.807) is 32.0 Å². The van der Waals surface area contributed by atoms with Crippen LogP contribution in [0, 0.1) is 0 Å². The lowest BCUT2D eigenvalue weighted by Crippen LogP contribution is -2.30. The highest BCUT2D eigenvalue weighted by Gasteiger charge is 2.15. The van der Waals surface area contributed by atoms with Crippen LogP contribution in [0.5, 0.6) is 0 Å². The summed E-state index contributed by atoms with van der Waals surface area (Å²) in [6.45, 7) is 3.49. The zero-order valence-corrected chi connectivity index (χ0v) is 16.0. The lowest BCUT2D eigenvalue weighted by molar-refractivity contribution is -0.115. The minimum atomic E-state index is -3.56. The number of anilines is 1. The van der Waals surface area contributed by atoms with Gasteiger partial charge in [-0.1, -0.05) is 29.3 Å². The third-order valence-corrected chi connectivity index (χ3v) is 5.47. The first-order valence-electron chi connectivity index (χ1n) is 7.53. The van der Waals surface area contributed by atoms with E-state index >= 15 is 0 Å². The average molecular weight is 401 g/mol.